The minimum atomic E-state index is -0.193. The van der Waals surface area contributed by atoms with Crippen LogP contribution in [0.25, 0.3) is 21.0 Å². The Morgan fingerprint density at radius 1 is 1.04 bits per heavy atom. The molecule has 4 rings (SSSR count). The van der Waals surface area contributed by atoms with Crippen molar-refractivity contribution in [2.24, 2.45) is 7.05 Å². The van der Waals surface area contributed by atoms with Crippen LogP contribution in [0.15, 0.2) is 59.4 Å². The molecule has 0 atom stereocenters. The van der Waals surface area contributed by atoms with Crippen LogP contribution >= 0.6 is 11.3 Å². The van der Waals surface area contributed by atoms with Gasteiger partial charge in [-0.05, 0) is 30.7 Å². The van der Waals surface area contributed by atoms with Crippen molar-refractivity contribution in [2.75, 3.05) is 5.32 Å². The number of aryl methyl sites for hydroxylation is 2. The number of para-hydroxylation sites is 2. The van der Waals surface area contributed by atoms with Crippen LogP contribution in [0.3, 0.4) is 0 Å². The summed E-state index contributed by atoms with van der Waals surface area (Å²) in [7, 11) is 1.76. The van der Waals surface area contributed by atoms with E-state index in [4.69, 9.17) is 0 Å². The number of pyridine rings is 1. The van der Waals surface area contributed by atoms with Gasteiger partial charge in [0.2, 0.25) is 0 Å². The molecule has 124 valence electrons. The minimum Gasteiger partial charge on any atom is -0.321 e. The Balaban J connectivity index is 1.86. The quantitative estimate of drug-likeness (QED) is 0.587. The summed E-state index contributed by atoms with van der Waals surface area (Å²) in [6.07, 6.45) is 0. The number of hydrogen-bond donors (Lipinski definition) is 1. The topological polar surface area (TPSA) is 51.1 Å². The molecular formula is C20H16N2O2S. The van der Waals surface area contributed by atoms with Crippen LogP contribution in [0, 0.1) is 6.92 Å². The van der Waals surface area contributed by atoms with Gasteiger partial charge in [-0.3, -0.25) is 9.59 Å². The van der Waals surface area contributed by atoms with Crippen molar-refractivity contribution in [1.29, 1.82) is 0 Å². The Bertz CT molecular complexity index is 1190. The second-order valence-electron chi connectivity index (χ2n) is 6.00. The third kappa shape index (κ3) is 2.53. The largest absolute Gasteiger partial charge is 0.321 e. The number of carbonyl (C=O) groups excluding carboxylic acids is 1. The van der Waals surface area contributed by atoms with E-state index in [0.29, 0.717) is 10.3 Å². The lowest BCUT2D eigenvalue weighted by atomic mass is 10.1. The summed E-state index contributed by atoms with van der Waals surface area (Å²) in [5, 5.41) is 4.50. The molecule has 1 amide bonds. The number of thiophene rings is 1. The van der Waals surface area contributed by atoms with Gasteiger partial charge in [-0.15, -0.1) is 11.3 Å². The maximum Gasteiger partial charge on any atom is 0.265 e. The molecule has 0 bridgehead atoms. The zero-order valence-corrected chi connectivity index (χ0v) is 14.7. The highest BCUT2D eigenvalue weighted by Gasteiger charge is 2.16. The lowest BCUT2D eigenvalue weighted by Gasteiger charge is -2.06. The van der Waals surface area contributed by atoms with Crippen LogP contribution in [0.5, 0.6) is 0 Å². The molecule has 2 aromatic carbocycles. The monoisotopic (exact) mass is 348 g/mol. The first-order valence-corrected chi connectivity index (χ1v) is 8.76. The number of rotatable bonds is 2. The van der Waals surface area contributed by atoms with Gasteiger partial charge in [0.15, 0.2) is 0 Å². The van der Waals surface area contributed by atoms with Crippen LogP contribution in [0.1, 0.15) is 15.2 Å². The lowest BCUT2D eigenvalue weighted by Crippen LogP contribution is -2.16. The number of nitrogens with zero attached hydrogens (tertiary/aromatic N) is 1. The molecule has 0 saturated heterocycles. The van der Waals surface area contributed by atoms with Crippen molar-refractivity contribution < 1.29 is 4.79 Å². The molecule has 2 heterocycles. The number of amides is 1. The van der Waals surface area contributed by atoms with Crippen molar-refractivity contribution in [1.82, 2.24) is 4.57 Å². The Morgan fingerprint density at radius 2 is 1.76 bits per heavy atom. The zero-order chi connectivity index (χ0) is 17.6. The summed E-state index contributed by atoms with van der Waals surface area (Å²) in [4.78, 5) is 25.8. The van der Waals surface area contributed by atoms with Gasteiger partial charge in [0.25, 0.3) is 11.5 Å². The highest BCUT2D eigenvalue weighted by molar-refractivity contribution is 7.21. The van der Waals surface area contributed by atoms with E-state index < -0.39 is 0 Å². The summed E-state index contributed by atoms with van der Waals surface area (Å²) in [6, 6.07) is 17.1. The second kappa shape index (κ2) is 5.86. The van der Waals surface area contributed by atoms with E-state index in [2.05, 4.69) is 5.32 Å². The van der Waals surface area contributed by atoms with E-state index >= 15 is 0 Å². The van der Waals surface area contributed by atoms with E-state index in [-0.39, 0.29) is 11.5 Å². The molecule has 5 heteroatoms. The first kappa shape index (κ1) is 15.6. The molecule has 4 aromatic rings. The fourth-order valence-corrected chi connectivity index (χ4v) is 4.09. The van der Waals surface area contributed by atoms with Crippen LogP contribution in [0.4, 0.5) is 5.69 Å². The fourth-order valence-electron chi connectivity index (χ4n) is 3.01. The molecule has 0 aliphatic heterocycles. The van der Waals surface area contributed by atoms with Crippen molar-refractivity contribution in [3.63, 3.8) is 0 Å². The summed E-state index contributed by atoms with van der Waals surface area (Å²) in [6.45, 7) is 1.95. The van der Waals surface area contributed by atoms with Crippen LogP contribution < -0.4 is 10.9 Å². The van der Waals surface area contributed by atoms with E-state index in [9.17, 15) is 9.59 Å². The molecular weight excluding hydrogens is 332 g/mol. The Hall–Kier alpha value is -2.92. The third-order valence-corrected chi connectivity index (χ3v) is 5.56. The molecule has 4 nitrogen and oxygen atoms in total. The molecule has 0 radical (unpaired) electrons. The van der Waals surface area contributed by atoms with Gasteiger partial charge in [0.1, 0.15) is 0 Å². The first-order valence-electron chi connectivity index (χ1n) is 7.94. The highest BCUT2D eigenvalue weighted by atomic mass is 32.1. The Morgan fingerprint density at radius 3 is 2.56 bits per heavy atom. The molecule has 0 unspecified atom stereocenters. The smallest absolute Gasteiger partial charge is 0.265 e. The maximum atomic E-state index is 12.7. The third-order valence-electron chi connectivity index (χ3n) is 4.39. The van der Waals surface area contributed by atoms with Crippen LogP contribution in [0.2, 0.25) is 0 Å². The number of aromatic nitrogens is 1. The standard InChI is InChI=1S/C20H16N2O2S/c1-12-7-3-5-9-15(12)21-19(23)17-11-14-18(25-17)13-8-4-6-10-16(13)22(2)20(14)24/h3-11H,1-2H3,(H,21,23). The van der Waals surface area contributed by atoms with Gasteiger partial charge >= 0.3 is 0 Å². The highest BCUT2D eigenvalue weighted by Crippen LogP contribution is 2.30. The van der Waals surface area contributed by atoms with E-state index in [0.717, 1.165) is 26.9 Å². The normalized spacial score (nSPS) is 11.1. The molecule has 0 spiro atoms. The number of fused-ring (bicyclic) bond motifs is 3. The van der Waals surface area contributed by atoms with Gasteiger partial charge in [0.05, 0.1) is 15.8 Å². The predicted molar refractivity (Wildman–Crippen MR) is 104 cm³/mol. The van der Waals surface area contributed by atoms with Gasteiger partial charge in [-0.25, -0.2) is 0 Å². The van der Waals surface area contributed by atoms with Crippen LogP contribution in [-0.2, 0) is 7.05 Å². The Kier molecular flexibility index (Phi) is 3.66. The van der Waals surface area contributed by atoms with Gasteiger partial charge in [-0.2, -0.15) is 0 Å². The van der Waals surface area contributed by atoms with Crippen molar-refractivity contribution >= 4 is 43.9 Å². The number of nitrogens with one attached hydrogen (secondary N) is 1. The second-order valence-corrected chi connectivity index (χ2v) is 7.06. The zero-order valence-electron chi connectivity index (χ0n) is 13.9. The van der Waals surface area contributed by atoms with E-state index in [1.54, 1.807) is 17.7 Å². The minimum absolute atomic E-state index is 0.0834. The molecule has 25 heavy (non-hydrogen) atoms. The predicted octanol–water partition coefficient (Wildman–Crippen LogP) is 4.31. The number of hydrogen-bond acceptors (Lipinski definition) is 3. The van der Waals surface area contributed by atoms with Crippen molar-refractivity contribution in [2.45, 2.75) is 6.92 Å². The molecule has 0 aliphatic carbocycles. The van der Waals surface area contributed by atoms with Gasteiger partial charge < -0.3 is 9.88 Å². The summed E-state index contributed by atoms with van der Waals surface area (Å²) >= 11 is 1.36. The SMILES string of the molecule is Cc1ccccc1NC(=O)c1cc2c(=O)n(C)c3ccccc3c2s1. The maximum absolute atomic E-state index is 12.7. The van der Waals surface area contributed by atoms with E-state index in [1.165, 1.54) is 11.3 Å². The van der Waals surface area contributed by atoms with Gasteiger partial charge in [-0.1, -0.05) is 36.4 Å². The van der Waals surface area contributed by atoms with Crippen molar-refractivity contribution in [3.8, 4) is 0 Å². The summed E-state index contributed by atoms with van der Waals surface area (Å²) < 4.78 is 2.49. The number of carbonyl (C=O) groups is 1. The van der Waals surface area contributed by atoms with Crippen molar-refractivity contribution in [3.05, 3.63) is 75.4 Å². The summed E-state index contributed by atoms with van der Waals surface area (Å²) in [5.41, 5.74) is 2.56. The summed E-state index contributed by atoms with van der Waals surface area (Å²) in [5.74, 6) is -0.193. The van der Waals surface area contributed by atoms with E-state index in [1.807, 2.05) is 55.5 Å². The molecule has 1 N–H and O–H groups in total. The lowest BCUT2D eigenvalue weighted by molar-refractivity contribution is 0.103. The van der Waals surface area contributed by atoms with Crippen LogP contribution in [-0.4, -0.2) is 10.5 Å². The molecule has 0 saturated carbocycles. The first-order chi connectivity index (χ1) is 12.1. The molecule has 0 aliphatic rings. The fraction of sp³-hybridized carbons (Fsp3) is 0.100. The average Bonchev–Trinajstić information content (AvgIpc) is 3.07. The number of benzene rings is 2. The molecule has 2 aromatic heterocycles. The Labute approximate surface area is 148 Å². The van der Waals surface area contributed by atoms with Gasteiger partial charge in [0, 0.05) is 22.8 Å². The number of anilines is 1. The molecule has 0 fully saturated rings. The average molecular weight is 348 g/mol.